The normalized spacial score (nSPS) is 14.2. The van der Waals surface area contributed by atoms with Crippen LogP contribution in [0.5, 0.6) is 0 Å². The molecule has 1 aromatic rings. The van der Waals surface area contributed by atoms with Gasteiger partial charge in [0, 0.05) is 5.54 Å². The van der Waals surface area contributed by atoms with Gasteiger partial charge in [-0.2, -0.15) is 0 Å². The summed E-state index contributed by atoms with van der Waals surface area (Å²) in [5.41, 5.74) is 2.35. The molecule has 0 aliphatic heterocycles. The highest BCUT2D eigenvalue weighted by atomic mass is 16.6. The van der Waals surface area contributed by atoms with E-state index in [0.29, 0.717) is 6.42 Å². The van der Waals surface area contributed by atoms with Crippen LogP contribution in [0.3, 0.4) is 0 Å². The maximum Gasteiger partial charge on any atom is 0.312 e. The molecular formula is C30H47N4O6+. The Bertz CT molecular complexity index is 1050. The molecular weight excluding hydrogens is 512 g/mol. The van der Waals surface area contributed by atoms with Crippen LogP contribution in [-0.2, 0) is 35.1 Å². The van der Waals surface area contributed by atoms with E-state index < -0.39 is 52.5 Å². The van der Waals surface area contributed by atoms with Gasteiger partial charge < -0.3 is 31.2 Å². The summed E-state index contributed by atoms with van der Waals surface area (Å²) in [6.07, 6.45) is 5.43. The highest BCUT2D eigenvalue weighted by Gasteiger charge is 2.39. The number of quaternary nitrogens is 1. The van der Waals surface area contributed by atoms with Crippen LogP contribution in [0, 0.1) is 18.3 Å². The number of carbonyl (C=O) groups is 4. The fourth-order valence-electron chi connectivity index (χ4n) is 3.76. The lowest BCUT2D eigenvalue weighted by Crippen LogP contribution is -2.70. The minimum atomic E-state index is -1.11. The second-order valence-electron chi connectivity index (χ2n) is 12.3. The number of esters is 1. The maximum absolute atomic E-state index is 13.6. The molecule has 0 unspecified atom stereocenters. The molecule has 0 saturated heterocycles. The lowest BCUT2D eigenvalue weighted by molar-refractivity contribution is -0.403. The van der Waals surface area contributed by atoms with Gasteiger partial charge in [0.25, 0.3) is 5.91 Å². The molecule has 0 aliphatic carbocycles. The van der Waals surface area contributed by atoms with E-state index in [9.17, 15) is 19.2 Å². The minimum absolute atomic E-state index is 0.0504. The summed E-state index contributed by atoms with van der Waals surface area (Å²) >= 11 is 0. The highest BCUT2D eigenvalue weighted by molar-refractivity contribution is 5.91. The topological polar surface area (TPSA) is 150 Å². The molecule has 0 fully saturated rings. The van der Waals surface area contributed by atoms with Crippen LogP contribution >= 0.6 is 0 Å². The molecule has 10 heteroatoms. The molecule has 10 nitrogen and oxygen atoms in total. The van der Waals surface area contributed by atoms with Gasteiger partial charge in [-0.3, -0.25) is 19.2 Å². The first-order chi connectivity index (χ1) is 18.3. The second kappa shape index (κ2) is 14.8. The molecule has 0 radical (unpaired) electrons. The molecule has 3 atom stereocenters. The predicted octanol–water partition coefficient (Wildman–Crippen LogP) is 1.13. The number of hydrogen-bond donors (Lipinski definition) is 4. The van der Waals surface area contributed by atoms with E-state index >= 15 is 0 Å². The fraction of sp³-hybridized carbons (Fsp3) is 0.600. The molecule has 0 spiro atoms. The van der Waals surface area contributed by atoms with Crippen molar-refractivity contribution < 1.29 is 34.4 Å². The molecule has 3 amide bonds. The molecule has 0 bridgehead atoms. The van der Waals surface area contributed by atoms with Crippen molar-refractivity contribution in [2.45, 2.75) is 97.1 Å². The number of nitrogens with one attached hydrogen (secondary N) is 3. The van der Waals surface area contributed by atoms with Crippen LogP contribution in [0.1, 0.15) is 67.4 Å². The lowest BCUT2D eigenvalue weighted by Gasteiger charge is -2.36. The molecule has 1 rings (SSSR count). The highest BCUT2D eigenvalue weighted by Crippen LogP contribution is 2.23. The summed E-state index contributed by atoms with van der Waals surface area (Å²) in [6.45, 7) is 14.1. The molecule has 222 valence electrons. The van der Waals surface area contributed by atoms with E-state index in [1.165, 1.54) is 0 Å². The van der Waals surface area contributed by atoms with E-state index in [-0.39, 0.29) is 25.5 Å². The van der Waals surface area contributed by atoms with Crippen molar-refractivity contribution in [3.05, 3.63) is 35.9 Å². The number of carbonyl (C=O) groups excluding carboxylic acids is 4. The van der Waals surface area contributed by atoms with Gasteiger partial charge >= 0.3 is 5.97 Å². The van der Waals surface area contributed by atoms with E-state index in [1.54, 1.807) is 34.6 Å². The van der Waals surface area contributed by atoms with Crippen molar-refractivity contribution in [2.24, 2.45) is 5.92 Å². The van der Waals surface area contributed by atoms with Crippen molar-refractivity contribution in [3.63, 3.8) is 0 Å². The first kappa shape index (κ1) is 34.6. The summed E-state index contributed by atoms with van der Waals surface area (Å²) in [6, 6.07) is 7.33. The zero-order valence-corrected chi connectivity index (χ0v) is 25.2. The number of benzene rings is 1. The van der Waals surface area contributed by atoms with Gasteiger partial charge in [0.15, 0.2) is 6.04 Å². The summed E-state index contributed by atoms with van der Waals surface area (Å²) in [7, 11) is 0. The van der Waals surface area contributed by atoms with E-state index in [4.69, 9.17) is 15.9 Å². The quantitative estimate of drug-likeness (QED) is 0.210. The largest absolute Gasteiger partial charge is 0.460 e. The van der Waals surface area contributed by atoms with Gasteiger partial charge in [-0.05, 0) is 67.4 Å². The lowest BCUT2D eigenvalue weighted by atomic mass is 9.81. The summed E-state index contributed by atoms with van der Waals surface area (Å²) < 4.78 is 11.1. The monoisotopic (exact) mass is 559 g/mol. The van der Waals surface area contributed by atoms with Crippen LogP contribution in [0.15, 0.2) is 30.3 Å². The minimum Gasteiger partial charge on any atom is -0.460 e. The Labute approximate surface area is 238 Å². The molecule has 1 aromatic carbocycles. The van der Waals surface area contributed by atoms with Crippen LogP contribution in [-0.4, -0.2) is 65.7 Å². The summed E-state index contributed by atoms with van der Waals surface area (Å²) in [5, 5.41) is 8.30. The van der Waals surface area contributed by atoms with E-state index in [2.05, 4.69) is 27.6 Å². The molecule has 0 aromatic heterocycles. The second-order valence-corrected chi connectivity index (χ2v) is 12.3. The smallest absolute Gasteiger partial charge is 0.312 e. The zero-order valence-electron chi connectivity index (χ0n) is 25.2. The first-order valence-corrected chi connectivity index (χ1v) is 13.4. The first-order valence-electron chi connectivity index (χ1n) is 13.4. The third-order valence-corrected chi connectivity index (χ3v) is 5.80. The SMILES string of the molecule is C#CCNC(=O)[C@H](Cc1ccccc1)C(C)(C)NC(=O)[C@H](COC(C)(C)C)NC(=O)[C@@H]([NH3+])CC(=O)OC(C)(C)C. The molecule has 40 heavy (non-hydrogen) atoms. The van der Waals surface area contributed by atoms with Crippen LogP contribution in [0.4, 0.5) is 0 Å². The van der Waals surface area contributed by atoms with Gasteiger partial charge in [0.1, 0.15) is 18.1 Å². The van der Waals surface area contributed by atoms with Crippen molar-refractivity contribution in [1.82, 2.24) is 16.0 Å². The third-order valence-electron chi connectivity index (χ3n) is 5.80. The molecule has 0 saturated carbocycles. The maximum atomic E-state index is 13.6. The van der Waals surface area contributed by atoms with Gasteiger partial charge in [-0.25, -0.2) is 0 Å². The number of rotatable bonds is 13. The van der Waals surface area contributed by atoms with E-state index in [0.717, 1.165) is 5.56 Å². The predicted molar refractivity (Wildman–Crippen MR) is 152 cm³/mol. The third kappa shape index (κ3) is 13.1. The van der Waals surface area contributed by atoms with Crippen LogP contribution in [0.25, 0.3) is 0 Å². The van der Waals surface area contributed by atoms with Crippen molar-refractivity contribution in [2.75, 3.05) is 13.2 Å². The van der Waals surface area contributed by atoms with Gasteiger partial charge in [0.05, 0.1) is 24.7 Å². The Balaban J connectivity index is 3.13. The van der Waals surface area contributed by atoms with Crippen molar-refractivity contribution in [1.29, 1.82) is 0 Å². The Hall–Kier alpha value is -3.42. The molecule has 0 aliphatic rings. The van der Waals surface area contributed by atoms with Crippen LogP contribution in [0.2, 0.25) is 0 Å². The van der Waals surface area contributed by atoms with Crippen molar-refractivity contribution >= 4 is 23.7 Å². The number of terminal acetylenes is 1. The molecule has 0 heterocycles. The van der Waals surface area contributed by atoms with Gasteiger partial charge in [-0.15, -0.1) is 6.42 Å². The Morgan fingerprint density at radius 2 is 1.52 bits per heavy atom. The fourth-order valence-corrected chi connectivity index (χ4v) is 3.76. The zero-order chi connectivity index (χ0) is 30.7. The number of amides is 3. The summed E-state index contributed by atoms with van der Waals surface area (Å²) in [4.78, 5) is 51.8. The summed E-state index contributed by atoms with van der Waals surface area (Å²) in [5.74, 6) is -0.319. The van der Waals surface area contributed by atoms with Crippen molar-refractivity contribution in [3.8, 4) is 12.3 Å². The molecule has 6 N–H and O–H groups in total. The number of ether oxygens (including phenoxy) is 2. The van der Waals surface area contributed by atoms with Gasteiger partial charge in [-0.1, -0.05) is 36.3 Å². The number of hydrogen-bond acceptors (Lipinski definition) is 6. The Kier molecular flexibility index (Phi) is 12.8. The average molecular weight is 560 g/mol. The van der Waals surface area contributed by atoms with Gasteiger partial charge in [0.2, 0.25) is 11.8 Å². The average Bonchev–Trinajstić information content (AvgIpc) is 2.81. The Morgan fingerprint density at radius 3 is 2.05 bits per heavy atom. The van der Waals surface area contributed by atoms with Crippen LogP contribution < -0.4 is 21.7 Å². The van der Waals surface area contributed by atoms with E-state index in [1.807, 2.05) is 51.1 Å². The Morgan fingerprint density at radius 1 is 0.925 bits per heavy atom. The standard InChI is InChI=1S/C30H46N4O6/c1-10-16-32-25(36)21(17-20-14-12-11-13-15-20)30(8,9)34-27(38)23(19-39-28(2,3)4)33-26(37)22(31)18-24(35)40-29(5,6)7/h1,11-15,21-23H,16-19,31H2,2-9H3,(H,32,36)(H,33,37)(H,34,38)/p+1/t21-,22-,23-/m0/s1.